The van der Waals surface area contributed by atoms with Gasteiger partial charge in [-0.05, 0) is 43.2 Å². The Balaban J connectivity index is 2.01. The Morgan fingerprint density at radius 2 is 1.79 bits per heavy atom. The molecule has 28 heavy (non-hydrogen) atoms. The summed E-state index contributed by atoms with van der Waals surface area (Å²) in [5.74, 6) is 0.295. The van der Waals surface area contributed by atoms with Crippen LogP contribution in [0.3, 0.4) is 0 Å². The molecule has 2 N–H and O–H groups in total. The number of carbonyl (C=O) groups is 2. The van der Waals surface area contributed by atoms with E-state index in [4.69, 9.17) is 19.9 Å². The Morgan fingerprint density at radius 3 is 2.43 bits per heavy atom. The third kappa shape index (κ3) is 4.94. The predicted molar refractivity (Wildman–Crippen MR) is 107 cm³/mol. The number of amides is 1. The number of aryl methyl sites for hydroxylation is 1. The molecule has 0 unspecified atom stereocenters. The lowest BCUT2D eigenvalue weighted by molar-refractivity contribution is -0.134. The first-order chi connectivity index (χ1) is 13.4. The van der Waals surface area contributed by atoms with Gasteiger partial charge in [0.15, 0.2) is 18.1 Å². The number of rotatable bonds is 8. The minimum absolute atomic E-state index is 0.260. The highest BCUT2D eigenvalue weighted by Crippen LogP contribution is 2.28. The molecule has 0 aliphatic carbocycles. The second kappa shape index (κ2) is 9.64. The number of carbonyl (C=O) groups excluding carboxylic acids is 2. The molecule has 1 amide bonds. The van der Waals surface area contributed by atoms with Crippen molar-refractivity contribution in [2.75, 3.05) is 33.1 Å². The number of nitrogens with two attached hydrogens (primary N) is 1. The lowest BCUT2D eigenvalue weighted by Gasteiger charge is -2.21. The summed E-state index contributed by atoms with van der Waals surface area (Å²) in [6.07, 6.45) is 0. The molecule has 0 atom stereocenters. The van der Waals surface area contributed by atoms with Gasteiger partial charge >= 0.3 is 5.97 Å². The summed E-state index contributed by atoms with van der Waals surface area (Å²) < 4.78 is 15.7. The summed E-state index contributed by atoms with van der Waals surface area (Å²) in [6, 6.07) is 10.6. The number of ether oxygens (including phenoxy) is 3. The highest BCUT2D eigenvalue weighted by Gasteiger charge is 2.18. The first-order valence-corrected chi connectivity index (χ1v) is 8.92. The van der Waals surface area contributed by atoms with E-state index in [-0.39, 0.29) is 18.1 Å². The van der Waals surface area contributed by atoms with Crippen molar-refractivity contribution >= 4 is 17.6 Å². The van der Waals surface area contributed by atoms with Gasteiger partial charge in [0.1, 0.15) is 0 Å². The van der Waals surface area contributed by atoms with E-state index in [1.54, 1.807) is 50.3 Å². The standard InChI is InChI=1S/C21H26N2O5/c1-5-23(12-15-9-10-17(26-3)18(11-15)27-4)19(24)13-28-21(25)16-8-6-7-14(2)20(16)22/h6-11H,5,12-13,22H2,1-4H3. The van der Waals surface area contributed by atoms with Crippen LogP contribution < -0.4 is 15.2 Å². The summed E-state index contributed by atoms with van der Waals surface area (Å²) in [4.78, 5) is 26.3. The van der Waals surface area contributed by atoms with Crippen molar-refractivity contribution < 1.29 is 23.8 Å². The maximum Gasteiger partial charge on any atom is 0.340 e. The molecule has 0 fully saturated rings. The number of hydrogen-bond acceptors (Lipinski definition) is 6. The number of anilines is 1. The molecule has 0 bridgehead atoms. The van der Waals surface area contributed by atoms with Crippen LogP contribution in [0.1, 0.15) is 28.4 Å². The molecule has 2 aromatic rings. The van der Waals surface area contributed by atoms with Crippen LogP contribution in [0.4, 0.5) is 5.69 Å². The summed E-state index contributed by atoms with van der Waals surface area (Å²) in [6.45, 7) is 4.14. The summed E-state index contributed by atoms with van der Waals surface area (Å²) in [5, 5.41) is 0. The summed E-state index contributed by atoms with van der Waals surface area (Å²) >= 11 is 0. The van der Waals surface area contributed by atoms with Crippen molar-refractivity contribution in [1.29, 1.82) is 0 Å². The van der Waals surface area contributed by atoms with E-state index < -0.39 is 5.97 Å². The molecule has 0 saturated carbocycles. The Bertz CT molecular complexity index is 851. The van der Waals surface area contributed by atoms with Gasteiger partial charge in [-0.1, -0.05) is 18.2 Å². The number of para-hydroxylation sites is 1. The average Bonchev–Trinajstić information content (AvgIpc) is 2.71. The number of likely N-dealkylation sites (N-methyl/N-ethyl adjacent to an activating group) is 1. The van der Waals surface area contributed by atoms with Gasteiger partial charge in [-0.3, -0.25) is 4.79 Å². The van der Waals surface area contributed by atoms with Gasteiger partial charge in [0.2, 0.25) is 0 Å². The fraction of sp³-hybridized carbons (Fsp3) is 0.333. The van der Waals surface area contributed by atoms with E-state index in [2.05, 4.69) is 0 Å². The fourth-order valence-corrected chi connectivity index (χ4v) is 2.73. The zero-order chi connectivity index (χ0) is 20.7. The Hall–Kier alpha value is -3.22. The van der Waals surface area contributed by atoms with Crippen molar-refractivity contribution in [1.82, 2.24) is 4.90 Å². The van der Waals surface area contributed by atoms with Gasteiger partial charge in [0, 0.05) is 18.8 Å². The van der Waals surface area contributed by atoms with Crippen molar-refractivity contribution in [2.24, 2.45) is 0 Å². The summed E-state index contributed by atoms with van der Waals surface area (Å²) in [7, 11) is 3.12. The van der Waals surface area contributed by atoms with E-state index in [0.29, 0.717) is 30.3 Å². The van der Waals surface area contributed by atoms with Gasteiger partial charge in [0.25, 0.3) is 5.91 Å². The van der Waals surface area contributed by atoms with E-state index in [1.165, 1.54) is 0 Å². The molecule has 0 spiro atoms. The molecule has 7 nitrogen and oxygen atoms in total. The van der Waals surface area contributed by atoms with Gasteiger partial charge in [-0.15, -0.1) is 0 Å². The molecule has 7 heteroatoms. The smallest absolute Gasteiger partial charge is 0.340 e. The summed E-state index contributed by atoms with van der Waals surface area (Å²) in [5.41, 5.74) is 8.19. The van der Waals surface area contributed by atoms with Crippen LogP contribution in [0.15, 0.2) is 36.4 Å². The second-order valence-corrected chi connectivity index (χ2v) is 6.21. The van der Waals surface area contributed by atoms with E-state index in [9.17, 15) is 9.59 Å². The van der Waals surface area contributed by atoms with Crippen molar-refractivity contribution in [3.8, 4) is 11.5 Å². The molecule has 0 heterocycles. The molecule has 0 aliphatic rings. The van der Waals surface area contributed by atoms with E-state index in [0.717, 1.165) is 11.1 Å². The molecule has 2 aromatic carbocycles. The van der Waals surface area contributed by atoms with Crippen LogP contribution in [0.25, 0.3) is 0 Å². The molecule has 0 saturated heterocycles. The van der Waals surface area contributed by atoms with E-state index >= 15 is 0 Å². The number of nitrogen functional groups attached to an aromatic ring is 1. The van der Waals surface area contributed by atoms with Crippen molar-refractivity contribution in [3.63, 3.8) is 0 Å². The zero-order valence-electron chi connectivity index (χ0n) is 16.7. The highest BCUT2D eigenvalue weighted by atomic mass is 16.5. The van der Waals surface area contributed by atoms with Gasteiger partial charge in [0.05, 0.1) is 19.8 Å². The molecule has 0 aliphatic heterocycles. The van der Waals surface area contributed by atoms with Crippen molar-refractivity contribution in [2.45, 2.75) is 20.4 Å². The molecule has 0 radical (unpaired) electrons. The number of esters is 1. The number of methoxy groups -OCH3 is 2. The Kier molecular flexibility index (Phi) is 7.26. The minimum Gasteiger partial charge on any atom is -0.493 e. The third-order valence-corrected chi connectivity index (χ3v) is 4.43. The molecule has 150 valence electrons. The van der Waals surface area contributed by atoms with Crippen molar-refractivity contribution in [3.05, 3.63) is 53.1 Å². The molecule has 2 rings (SSSR count). The maximum atomic E-state index is 12.5. The minimum atomic E-state index is -0.614. The Labute approximate surface area is 165 Å². The van der Waals surface area contributed by atoms with Gasteiger partial charge in [-0.2, -0.15) is 0 Å². The van der Waals surface area contributed by atoms with Crippen LogP contribution in [0.2, 0.25) is 0 Å². The monoisotopic (exact) mass is 386 g/mol. The lowest BCUT2D eigenvalue weighted by Crippen LogP contribution is -2.34. The van der Waals surface area contributed by atoms with Crippen LogP contribution in [-0.4, -0.2) is 44.1 Å². The largest absolute Gasteiger partial charge is 0.493 e. The predicted octanol–water partition coefficient (Wildman–Crippen LogP) is 2.80. The van der Waals surface area contributed by atoms with Gasteiger partial charge < -0.3 is 24.8 Å². The molecular weight excluding hydrogens is 360 g/mol. The van der Waals surface area contributed by atoms with Gasteiger partial charge in [-0.25, -0.2) is 4.79 Å². The van der Waals surface area contributed by atoms with E-state index in [1.807, 2.05) is 19.1 Å². The normalized spacial score (nSPS) is 10.3. The highest BCUT2D eigenvalue weighted by molar-refractivity contribution is 5.96. The Morgan fingerprint density at radius 1 is 1.07 bits per heavy atom. The quantitative estimate of drug-likeness (QED) is 0.554. The van der Waals surface area contributed by atoms with Crippen LogP contribution in [-0.2, 0) is 16.1 Å². The second-order valence-electron chi connectivity index (χ2n) is 6.21. The van der Waals surface area contributed by atoms with Crippen LogP contribution in [0.5, 0.6) is 11.5 Å². The van der Waals surface area contributed by atoms with Crippen LogP contribution in [0, 0.1) is 6.92 Å². The zero-order valence-corrected chi connectivity index (χ0v) is 16.7. The SMILES string of the molecule is CCN(Cc1ccc(OC)c(OC)c1)C(=O)COC(=O)c1cccc(C)c1N. The molecule has 0 aromatic heterocycles. The number of benzene rings is 2. The topological polar surface area (TPSA) is 91.1 Å². The fourth-order valence-electron chi connectivity index (χ4n) is 2.73. The third-order valence-electron chi connectivity index (χ3n) is 4.43. The first-order valence-electron chi connectivity index (χ1n) is 8.92. The number of hydrogen-bond donors (Lipinski definition) is 1. The number of nitrogens with zero attached hydrogens (tertiary/aromatic N) is 1. The lowest BCUT2D eigenvalue weighted by atomic mass is 10.1. The van der Waals surface area contributed by atoms with Crippen LogP contribution >= 0.6 is 0 Å². The maximum absolute atomic E-state index is 12.5. The molecular formula is C21H26N2O5. The average molecular weight is 386 g/mol. The first kappa shape index (κ1) is 21.1.